The van der Waals surface area contributed by atoms with E-state index in [1.54, 1.807) is 6.92 Å². The Bertz CT molecular complexity index is 1720. The summed E-state index contributed by atoms with van der Waals surface area (Å²) in [5.41, 5.74) is 3.42. The third-order valence-electron chi connectivity index (χ3n) is 9.63. The van der Waals surface area contributed by atoms with Crippen molar-refractivity contribution < 1.29 is 24.1 Å². The molecule has 4 aromatic rings. The van der Waals surface area contributed by atoms with Crippen LogP contribution in [0.2, 0.25) is 51.4 Å². The van der Waals surface area contributed by atoms with Crippen molar-refractivity contribution in [1.82, 2.24) is 24.4 Å². The number of fused-ring (bicyclic) bond motifs is 1. The summed E-state index contributed by atoms with van der Waals surface area (Å²) in [5.74, 6) is 0.524. The molecule has 0 unspecified atom stereocenters. The molecule has 1 aliphatic carbocycles. The highest BCUT2D eigenvalue weighted by Crippen LogP contribution is 2.47. The van der Waals surface area contributed by atoms with E-state index in [1.807, 2.05) is 58.1 Å². The van der Waals surface area contributed by atoms with Gasteiger partial charge in [0.25, 0.3) is 0 Å². The fourth-order valence-corrected chi connectivity index (χ4v) is 8.67. The number of carbonyl (C=O) groups excluding carboxylic acids is 1. The first kappa shape index (κ1) is 39.3. The summed E-state index contributed by atoms with van der Waals surface area (Å²) in [5, 5.41) is 19.9. The van der Waals surface area contributed by atoms with Gasteiger partial charge in [0.2, 0.25) is 0 Å². The number of para-hydroxylation sites is 1. The molecule has 1 fully saturated rings. The van der Waals surface area contributed by atoms with Gasteiger partial charge in [-0.2, -0.15) is 14.7 Å². The lowest BCUT2D eigenvalue weighted by molar-refractivity contribution is -0.160. The van der Waals surface area contributed by atoms with Gasteiger partial charge in [-0.1, -0.05) is 57.5 Å². The van der Waals surface area contributed by atoms with E-state index in [0.717, 1.165) is 44.9 Å². The molecule has 51 heavy (non-hydrogen) atoms. The molecule has 278 valence electrons. The van der Waals surface area contributed by atoms with Crippen molar-refractivity contribution in [2.45, 2.75) is 89.9 Å². The zero-order valence-electron chi connectivity index (χ0n) is 31.3. The van der Waals surface area contributed by atoms with E-state index < -0.39 is 21.6 Å². The standard InChI is InChI=1S/C37H55BrN6O5Si2/c1-8-49-36(46)37(25-45)16-14-28(15-17-37)33-32(38)35(42(26-47-18-20-50(2,3)4)27-48-19-21-51(5,6)7)44-34(41-33)31(23-40-44)29-22-39-43(24-29)30-12-10-9-11-13-30/h9-13,22-24,28,45H,8,14-21,25-27H2,1-7H3. The van der Waals surface area contributed by atoms with E-state index in [4.69, 9.17) is 24.3 Å². The molecule has 5 rings (SSSR count). The van der Waals surface area contributed by atoms with Crippen LogP contribution in [0.1, 0.15) is 44.2 Å². The van der Waals surface area contributed by atoms with Crippen LogP contribution in [0.5, 0.6) is 0 Å². The first-order valence-corrected chi connectivity index (χ1v) is 26.3. The second kappa shape index (κ2) is 16.8. The Morgan fingerprint density at radius 3 is 2.18 bits per heavy atom. The van der Waals surface area contributed by atoms with E-state index in [1.165, 1.54) is 0 Å². The third-order valence-corrected chi connectivity index (χ3v) is 13.8. The van der Waals surface area contributed by atoms with Crippen molar-refractivity contribution in [1.29, 1.82) is 0 Å². The minimum absolute atomic E-state index is 0.0366. The quantitative estimate of drug-likeness (QED) is 0.0492. The predicted molar refractivity (Wildman–Crippen MR) is 211 cm³/mol. The van der Waals surface area contributed by atoms with Gasteiger partial charge in [0.15, 0.2) is 11.5 Å². The molecule has 1 aromatic carbocycles. The average molecular weight is 800 g/mol. The molecule has 0 radical (unpaired) electrons. The summed E-state index contributed by atoms with van der Waals surface area (Å²) in [6, 6.07) is 12.1. The molecule has 14 heteroatoms. The van der Waals surface area contributed by atoms with Gasteiger partial charge in [0.05, 0.1) is 46.9 Å². The topological polar surface area (TPSA) is 116 Å². The lowest BCUT2D eigenvalue weighted by Crippen LogP contribution is -2.40. The molecule has 0 spiro atoms. The molecule has 1 aliphatic rings. The number of hydrogen-bond acceptors (Lipinski definition) is 9. The van der Waals surface area contributed by atoms with Crippen LogP contribution in [-0.2, 0) is 19.0 Å². The van der Waals surface area contributed by atoms with E-state index in [9.17, 15) is 9.90 Å². The normalized spacial score (nSPS) is 18.3. The van der Waals surface area contributed by atoms with Gasteiger partial charge in [0, 0.05) is 52.6 Å². The van der Waals surface area contributed by atoms with Crippen molar-refractivity contribution in [3.05, 3.63) is 59.1 Å². The van der Waals surface area contributed by atoms with Crippen LogP contribution in [0.25, 0.3) is 22.5 Å². The first-order chi connectivity index (χ1) is 24.2. The maximum atomic E-state index is 13.0. The Labute approximate surface area is 312 Å². The molecular formula is C37H55BrN6O5Si2. The van der Waals surface area contributed by atoms with Crippen molar-refractivity contribution >= 4 is 49.5 Å². The van der Waals surface area contributed by atoms with E-state index in [2.05, 4.69) is 65.2 Å². The van der Waals surface area contributed by atoms with Crippen LogP contribution in [0.4, 0.5) is 5.82 Å². The maximum absolute atomic E-state index is 13.0. The molecule has 0 amide bonds. The summed E-state index contributed by atoms with van der Waals surface area (Å²) in [4.78, 5) is 20.4. The molecule has 0 atom stereocenters. The second-order valence-electron chi connectivity index (χ2n) is 16.1. The predicted octanol–water partition coefficient (Wildman–Crippen LogP) is 7.97. The highest BCUT2D eigenvalue weighted by molar-refractivity contribution is 9.10. The summed E-state index contributed by atoms with van der Waals surface area (Å²) in [6.45, 7) is 18.0. The average Bonchev–Trinajstić information content (AvgIpc) is 3.75. The lowest BCUT2D eigenvalue weighted by atomic mass is 9.70. The molecule has 0 aliphatic heterocycles. The van der Waals surface area contributed by atoms with Crippen LogP contribution in [-0.4, -0.2) is 91.5 Å². The lowest BCUT2D eigenvalue weighted by Gasteiger charge is -2.37. The summed E-state index contributed by atoms with van der Waals surface area (Å²) in [6.07, 6.45) is 8.08. The van der Waals surface area contributed by atoms with E-state index in [-0.39, 0.29) is 25.1 Å². The number of aliphatic hydroxyl groups is 1. The fraction of sp³-hybridized carbons (Fsp3) is 0.568. The number of rotatable bonds is 17. The number of halogens is 1. The third kappa shape index (κ3) is 9.76. The Kier molecular flexibility index (Phi) is 13.0. The van der Waals surface area contributed by atoms with Crippen molar-refractivity contribution in [2.75, 3.05) is 44.8 Å². The molecule has 1 N–H and O–H groups in total. The van der Waals surface area contributed by atoms with Gasteiger partial charge in [0.1, 0.15) is 13.5 Å². The smallest absolute Gasteiger partial charge is 0.314 e. The zero-order chi connectivity index (χ0) is 36.8. The van der Waals surface area contributed by atoms with Crippen LogP contribution in [0.15, 0.2) is 53.4 Å². The SMILES string of the molecule is CCOC(=O)C1(CO)CCC(c2nc3c(-c4cnn(-c5ccccc5)c4)cnn3c(N(COCC[Si](C)(C)C)COCC[Si](C)(C)C)c2Br)CC1. The highest BCUT2D eigenvalue weighted by Gasteiger charge is 2.44. The number of carbonyl (C=O) groups is 1. The Balaban J connectivity index is 1.56. The number of aliphatic hydroxyl groups excluding tert-OH is 1. The van der Waals surface area contributed by atoms with Crippen LogP contribution >= 0.6 is 15.9 Å². The Morgan fingerprint density at radius 1 is 0.980 bits per heavy atom. The molecular weight excluding hydrogens is 745 g/mol. The van der Waals surface area contributed by atoms with Crippen molar-refractivity contribution in [3.63, 3.8) is 0 Å². The summed E-state index contributed by atoms with van der Waals surface area (Å²) >= 11 is 4.00. The van der Waals surface area contributed by atoms with E-state index >= 15 is 0 Å². The fourth-order valence-electron chi connectivity index (χ4n) is 6.33. The zero-order valence-corrected chi connectivity index (χ0v) is 34.9. The van der Waals surface area contributed by atoms with Gasteiger partial charge < -0.3 is 24.2 Å². The summed E-state index contributed by atoms with van der Waals surface area (Å²) < 4.78 is 22.7. The molecule has 3 aromatic heterocycles. The summed E-state index contributed by atoms with van der Waals surface area (Å²) in [7, 11) is -2.60. The van der Waals surface area contributed by atoms with Gasteiger partial charge in [-0.25, -0.2) is 9.67 Å². The molecule has 11 nitrogen and oxygen atoms in total. The number of esters is 1. The van der Waals surface area contributed by atoms with Gasteiger partial charge in [-0.05, 0) is 72.8 Å². The van der Waals surface area contributed by atoms with Crippen molar-refractivity contribution in [3.8, 4) is 16.8 Å². The molecule has 3 heterocycles. The monoisotopic (exact) mass is 798 g/mol. The van der Waals surface area contributed by atoms with Gasteiger partial charge in [-0.15, -0.1) is 0 Å². The van der Waals surface area contributed by atoms with Gasteiger partial charge in [-0.3, -0.25) is 4.79 Å². The largest absolute Gasteiger partial charge is 0.465 e. The maximum Gasteiger partial charge on any atom is 0.314 e. The van der Waals surface area contributed by atoms with Crippen LogP contribution in [0.3, 0.4) is 0 Å². The number of hydrogen-bond donors (Lipinski definition) is 1. The molecule has 0 bridgehead atoms. The molecule has 1 saturated carbocycles. The van der Waals surface area contributed by atoms with Crippen molar-refractivity contribution in [2.24, 2.45) is 5.41 Å². The number of benzene rings is 1. The minimum Gasteiger partial charge on any atom is -0.465 e. The van der Waals surface area contributed by atoms with Crippen LogP contribution < -0.4 is 4.90 Å². The Hall–Kier alpha value is -2.89. The number of aromatic nitrogens is 5. The Morgan fingerprint density at radius 2 is 1.61 bits per heavy atom. The number of ether oxygens (including phenoxy) is 3. The first-order valence-electron chi connectivity index (χ1n) is 18.1. The van der Waals surface area contributed by atoms with Crippen LogP contribution in [0, 0.1) is 5.41 Å². The number of nitrogens with zero attached hydrogens (tertiary/aromatic N) is 6. The van der Waals surface area contributed by atoms with Gasteiger partial charge >= 0.3 is 5.97 Å². The minimum atomic E-state index is -1.30. The highest BCUT2D eigenvalue weighted by atomic mass is 79.9. The molecule has 0 saturated heterocycles. The second-order valence-corrected chi connectivity index (χ2v) is 28.1. The van der Waals surface area contributed by atoms with E-state index in [0.29, 0.717) is 58.0 Å². The number of anilines is 1.